The molecule has 0 aromatic heterocycles. The summed E-state index contributed by atoms with van der Waals surface area (Å²) in [6.07, 6.45) is 0. The van der Waals surface area contributed by atoms with Crippen molar-refractivity contribution in [1.29, 1.82) is 0 Å². The molecule has 0 amide bonds. The van der Waals surface area contributed by atoms with E-state index in [0.29, 0.717) is 5.56 Å². The van der Waals surface area contributed by atoms with Crippen LogP contribution in [0.4, 0.5) is 10.1 Å². The van der Waals surface area contributed by atoms with E-state index < -0.39 is 5.82 Å². The lowest BCUT2D eigenvalue weighted by Crippen LogP contribution is -1.93. The van der Waals surface area contributed by atoms with E-state index in [9.17, 15) is 4.39 Å². The fourth-order valence-electron chi connectivity index (χ4n) is 1.65. The molecule has 1 nitrogen and oxygen atoms in total. The maximum Gasteiger partial charge on any atom is 0.165 e. The molecule has 0 fully saturated rings. The van der Waals surface area contributed by atoms with Crippen LogP contribution >= 0.6 is 11.6 Å². The van der Waals surface area contributed by atoms with Gasteiger partial charge < -0.3 is 5.73 Å². The first kappa shape index (κ1) is 11.0. The second kappa shape index (κ2) is 4.14. The van der Waals surface area contributed by atoms with Gasteiger partial charge in [0.05, 0.1) is 10.7 Å². The first-order chi connectivity index (χ1) is 7.61. The summed E-state index contributed by atoms with van der Waals surface area (Å²) in [7, 11) is 0. The second-order valence-electron chi connectivity index (χ2n) is 3.65. The lowest BCUT2D eigenvalue weighted by atomic mass is 10.0. The van der Waals surface area contributed by atoms with Gasteiger partial charge in [0.1, 0.15) is 0 Å². The molecular weight excluding hydrogens is 225 g/mol. The summed E-state index contributed by atoms with van der Waals surface area (Å²) in [5, 5.41) is 0.0781. The van der Waals surface area contributed by atoms with E-state index in [1.54, 1.807) is 6.07 Å². The highest BCUT2D eigenvalue weighted by Crippen LogP contribution is 2.34. The van der Waals surface area contributed by atoms with Crippen molar-refractivity contribution in [1.82, 2.24) is 0 Å². The zero-order valence-corrected chi connectivity index (χ0v) is 9.55. The van der Waals surface area contributed by atoms with Crippen LogP contribution in [-0.2, 0) is 0 Å². The zero-order valence-electron chi connectivity index (χ0n) is 8.80. The molecule has 16 heavy (non-hydrogen) atoms. The highest BCUT2D eigenvalue weighted by molar-refractivity contribution is 6.33. The quantitative estimate of drug-likeness (QED) is 0.742. The summed E-state index contributed by atoms with van der Waals surface area (Å²) in [4.78, 5) is 0. The maximum absolute atomic E-state index is 13.6. The van der Waals surface area contributed by atoms with Crippen LogP contribution in [0.1, 0.15) is 5.56 Å². The number of hydrogen-bond acceptors (Lipinski definition) is 1. The van der Waals surface area contributed by atoms with Gasteiger partial charge in [0.2, 0.25) is 0 Å². The first-order valence-electron chi connectivity index (χ1n) is 4.90. The molecule has 3 heteroatoms. The molecule has 0 heterocycles. The van der Waals surface area contributed by atoms with Gasteiger partial charge in [-0.05, 0) is 24.1 Å². The molecule has 0 unspecified atom stereocenters. The molecule has 0 radical (unpaired) electrons. The van der Waals surface area contributed by atoms with Crippen molar-refractivity contribution in [3.8, 4) is 11.1 Å². The minimum Gasteiger partial charge on any atom is -0.396 e. The van der Waals surface area contributed by atoms with Gasteiger partial charge in [0.25, 0.3) is 0 Å². The van der Waals surface area contributed by atoms with Gasteiger partial charge in [0.15, 0.2) is 5.82 Å². The van der Waals surface area contributed by atoms with E-state index in [1.807, 2.05) is 31.2 Å². The number of nitrogen functional groups attached to an aromatic ring is 1. The van der Waals surface area contributed by atoms with Crippen molar-refractivity contribution in [2.45, 2.75) is 6.92 Å². The summed E-state index contributed by atoms with van der Waals surface area (Å²) in [5.41, 5.74) is 8.16. The van der Waals surface area contributed by atoms with Crippen LogP contribution in [0, 0.1) is 12.7 Å². The maximum atomic E-state index is 13.6. The predicted octanol–water partition coefficient (Wildman–Crippen LogP) is 4.04. The third-order valence-electron chi connectivity index (χ3n) is 2.55. The van der Waals surface area contributed by atoms with Crippen molar-refractivity contribution in [2.75, 3.05) is 5.73 Å². The number of halogens is 2. The van der Waals surface area contributed by atoms with Gasteiger partial charge in [-0.2, -0.15) is 0 Å². The average Bonchev–Trinajstić information content (AvgIpc) is 2.28. The summed E-state index contributed by atoms with van der Waals surface area (Å²) in [5.74, 6) is -0.553. The number of benzene rings is 2. The molecule has 82 valence electrons. The van der Waals surface area contributed by atoms with Crippen molar-refractivity contribution >= 4 is 17.3 Å². The lowest BCUT2D eigenvalue weighted by molar-refractivity contribution is 0.633. The summed E-state index contributed by atoms with van der Waals surface area (Å²) < 4.78 is 13.6. The molecule has 0 aliphatic heterocycles. The van der Waals surface area contributed by atoms with Crippen molar-refractivity contribution in [3.63, 3.8) is 0 Å². The monoisotopic (exact) mass is 235 g/mol. The molecule has 0 spiro atoms. The van der Waals surface area contributed by atoms with E-state index in [0.717, 1.165) is 11.1 Å². The molecule has 0 saturated carbocycles. The minimum absolute atomic E-state index is 0.0716. The third kappa shape index (κ3) is 1.76. The number of nitrogens with two attached hydrogens (primary N) is 1. The molecule has 0 bridgehead atoms. The van der Waals surface area contributed by atoms with E-state index in [-0.39, 0.29) is 10.7 Å². The molecule has 2 rings (SSSR count). The largest absolute Gasteiger partial charge is 0.396 e. The number of anilines is 1. The van der Waals surface area contributed by atoms with Gasteiger partial charge in [-0.3, -0.25) is 0 Å². The second-order valence-corrected chi connectivity index (χ2v) is 4.02. The highest BCUT2D eigenvalue weighted by Gasteiger charge is 2.12. The Morgan fingerprint density at radius 1 is 1.06 bits per heavy atom. The Labute approximate surface area is 98.7 Å². The minimum atomic E-state index is -0.553. The molecule has 0 aliphatic carbocycles. The molecule has 0 atom stereocenters. The molecule has 2 aromatic carbocycles. The molecule has 2 N–H and O–H groups in total. The van der Waals surface area contributed by atoms with Crippen molar-refractivity contribution in [2.24, 2.45) is 0 Å². The van der Waals surface area contributed by atoms with Gasteiger partial charge in [-0.15, -0.1) is 0 Å². The molecule has 0 saturated heterocycles. The Kier molecular flexibility index (Phi) is 2.84. The number of hydrogen-bond donors (Lipinski definition) is 1. The van der Waals surface area contributed by atoms with Crippen molar-refractivity contribution < 1.29 is 4.39 Å². The zero-order chi connectivity index (χ0) is 11.7. The average molecular weight is 236 g/mol. The Balaban J connectivity index is 2.66. The Morgan fingerprint density at radius 3 is 2.44 bits per heavy atom. The van der Waals surface area contributed by atoms with Crippen LogP contribution in [0.5, 0.6) is 0 Å². The van der Waals surface area contributed by atoms with Crippen molar-refractivity contribution in [3.05, 3.63) is 52.8 Å². The predicted molar refractivity (Wildman–Crippen MR) is 66.0 cm³/mol. The Morgan fingerprint density at radius 2 is 1.75 bits per heavy atom. The van der Waals surface area contributed by atoms with E-state index in [1.165, 1.54) is 6.07 Å². The number of aryl methyl sites for hydroxylation is 1. The van der Waals surface area contributed by atoms with Gasteiger partial charge in [-0.25, -0.2) is 4.39 Å². The summed E-state index contributed by atoms with van der Waals surface area (Å²) in [6.45, 7) is 1.96. The van der Waals surface area contributed by atoms with Crippen LogP contribution in [0.3, 0.4) is 0 Å². The normalized spacial score (nSPS) is 10.4. The summed E-state index contributed by atoms with van der Waals surface area (Å²) >= 11 is 5.95. The fourth-order valence-corrected chi connectivity index (χ4v) is 1.92. The highest BCUT2D eigenvalue weighted by atomic mass is 35.5. The SMILES string of the molecule is Cc1ccccc1-c1ccc(N)c(F)c1Cl. The first-order valence-corrected chi connectivity index (χ1v) is 5.28. The van der Waals surface area contributed by atoms with Gasteiger partial charge in [-0.1, -0.05) is 41.9 Å². The van der Waals surface area contributed by atoms with Crippen LogP contribution in [0.25, 0.3) is 11.1 Å². The fraction of sp³-hybridized carbons (Fsp3) is 0.0769. The van der Waals surface area contributed by atoms with Gasteiger partial charge >= 0.3 is 0 Å². The van der Waals surface area contributed by atoms with Crippen LogP contribution in [0.2, 0.25) is 5.02 Å². The molecule has 0 aliphatic rings. The van der Waals surface area contributed by atoms with Crippen LogP contribution in [0.15, 0.2) is 36.4 Å². The van der Waals surface area contributed by atoms with Crippen LogP contribution < -0.4 is 5.73 Å². The van der Waals surface area contributed by atoms with E-state index in [2.05, 4.69) is 0 Å². The number of rotatable bonds is 1. The summed E-state index contributed by atoms with van der Waals surface area (Å²) in [6, 6.07) is 11.0. The Hall–Kier alpha value is -1.54. The Bertz CT molecular complexity index is 537. The standard InChI is InChI=1S/C13H11ClFN/c1-8-4-2-3-5-9(8)10-6-7-11(16)13(15)12(10)14/h2-7H,16H2,1H3. The van der Waals surface area contributed by atoms with Gasteiger partial charge in [0, 0.05) is 5.56 Å². The topological polar surface area (TPSA) is 26.0 Å². The van der Waals surface area contributed by atoms with E-state index >= 15 is 0 Å². The molecule has 2 aromatic rings. The third-order valence-corrected chi connectivity index (χ3v) is 2.92. The van der Waals surface area contributed by atoms with Crippen LogP contribution in [-0.4, -0.2) is 0 Å². The molecular formula is C13H11ClFN. The lowest BCUT2D eigenvalue weighted by Gasteiger charge is -2.09. The smallest absolute Gasteiger partial charge is 0.165 e. The van der Waals surface area contributed by atoms with E-state index in [4.69, 9.17) is 17.3 Å².